The normalized spacial score (nSPS) is 16.2. The van der Waals surface area contributed by atoms with Gasteiger partial charge in [0.05, 0.1) is 0 Å². The fourth-order valence-corrected chi connectivity index (χ4v) is 2.44. The van der Waals surface area contributed by atoms with Crippen molar-refractivity contribution in [1.82, 2.24) is 10.3 Å². The highest BCUT2D eigenvalue weighted by Gasteiger charge is 2.08. The van der Waals surface area contributed by atoms with Crippen molar-refractivity contribution in [3.63, 3.8) is 0 Å². The Morgan fingerprint density at radius 2 is 2.18 bits per heavy atom. The molecule has 0 fully saturated rings. The molecule has 2 N–H and O–H groups in total. The molecule has 88 valence electrons. The molecule has 1 aromatic carbocycles. The summed E-state index contributed by atoms with van der Waals surface area (Å²) in [6.07, 6.45) is 4.51. The molecule has 2 heteroatoms. The lowest BCUT2D eigenvalue weighted by Crippen LogP contribution is -2.20. The second-order valence-electron chi connectivity index (χ2n) is 4.64. The Labute approximate surface area is 102 Å². The summed E-state index contributed by atoms with van der Waals surface area (Å²) in [6.45, 7) is 4.27. The monoisotopic (exact) mass is 226 g/mol. The molecule has 2 aromatic rings. The zero-order valence-electron chi connectivity index (χ0n) is 10.2. The first-order valence-corrected chi connectivity index (χ1v) is 6.38. The lowest BCUT2D eigenvalue weighted by molar-refractivity contribution is 0.737. The topological polar surface area (TPSA) is 27.8 Å². The van der Waals surface area contributed by atoms with E-state index in [1.54, 1.807) is 0 Å². The van der Waals surface area contributed by atoms with Gasteiger partial charge < -0.3 is 10.3 Å². The maximum atomic E-state index is 3.52. The number of hydrogen-bond donors (Lipinski definition) is 2. The SMILES string of the molecule is CCc1ccc2[nH]c(C3=CCNCC3)cc2c1. The quantitative estimate of drug-likeness (QED) is 0.809. The summed E-state index contributed by atoms with van der Waals surface area (Å²) in [7, 11) is 0. The summed E-state index contributed by atoms with van der Waals surface area (Å²) in [5.74, 6) is 0. The van der Waals surface area contributed by atoms with Crippen molar-refractivity contribution < 1.29 is 0 Å². The van der Waals surface area contributed by atoms with Crippen LogP contribution >= 0.6 is 0 Å². The molecule has 0 saturated carbocycles. The van der Waals surface area contributed by atoms with Gasteiger partial charge in [0, 0.05) is 23.1 Å². The summed E-state index contributed by atoms with van der Waals surface area (Å²) in [6, 6.07) is 8.97. The van der Waals surface area contributed by atoms with Gasteiger partial charge in [-0.1, -0.05) is 19.1 Å². The molecule has 2 nitrogen and oxygen atoms in total. The summed E-state index contributed by atoms with van der Waals surface area (Å²) < 4.78 is 0. The number of aromatic amines is 1. The van der Waals surface area contributed by atoms with E-state index in [1.807, 2.05) is 0 Å². The van der Waals surface area contributed by atoms with Crippen LogP contribution in [0.5, 0.6) is 0 Å². The van der Waals surface area contributed by atoms with Crippen molar-refractivity contribution in [1.29, 1.82) is 0 Å². The van der Waals surface area contributed by atoms with Crippen molar-refractivity contribution in [3.8, 4) is 0 Å². The van der Waals surface area contributed by atoms with Crippen LogP contribution < -0.4 is 5.32 Å². The first-order chi connectivity index (χ1) is 8.36. The first kappa shape index (κ1) is 10.6. The minimum atomic E-state index is 0.991. The predicted molar refractivity (Wildman–Crippen MR) is 73.1 cm³/mol. The fourth-order valence-electron chi connectivity index (χ4n) is 2.44. The van der Waals surface area contributed by atoms with Crippen LogP contribution in [0, 0.1) is 0 Å². The Kier molecular flexibility index (Phi) is 2.73. The van der Waals surface area contributed by atoms with E-state index in [-0.39, 0.29) is 0 Å². The van der Waals surface area contributed by atoms with E-state index >= 15 is 0 Å². The highest BCUT2D eigenvalue weighted by Crippen LogP contribution is 2.24. The smallest absolute Gasteiger partial charge is 0.0458 e. The number of nitrogens with one attached hydrogen (secondary N) is 2. The standard InChI is InChI=1S/C15H18N2/c1-2-11-3-4-14-13(9-11)10-15(17-14)12-5-7-16-8-6-12/h3-5,9-10,16-17H,2,6-8H2,1H3. The second kappa shape index (κ2) is 4.38. The zero-order chi connectivity index (χ0) is 11.7. The number of rotatable bonds is 2. The van der Waals surface area contributed by atoms with Crippen molar-refractivity contribution in [2.24, 2.45) is 0 Å². The maximum absolute atomic E-state index is 3.52. The van der Waals surface area contributed by atoms with E-state index in [9.17, 15) is 0 Å². The summed E-state index contributed by atoms with van der Waals surface area (Å²) in [4.78, 5) is 3.52. The Morgan fingerprint density at radius 1 is 1.24 bits per heavy atom. The van der Waals surface area contributed by atoms with E-state index in [2.05, 4.69) is 47.6 Å². The molecule has 0 spiro atoms. The van der Waals surface area contributed by atoms with Crippen LogP contribution in [0.15, 0.2) is 30.3 Å². The third kappa shape index (κ3) is 2.01. The maximum Gasteiger partial charge on any atom is 0.0458 e. The summed E-state index contributed by atoms with van der Waals surface area (Å²) >= 11 is 0. The molecule has 0 radical (unpaired) electrons. The average Bonchev–Trinajstić information content (AvgIpc) is 2.82. The molecule has 0 aliphatic carbocycles. The van der Waals surface area contributed by atoms with E-state index in [0.29, 0.717) is 0 Å². The van der Waals surface area contributed by atoms with Crippen molar-refractivity contribution in [3.05, 3.63) is 41.6 Å². The summed E-state index contributed by atoms with van der Waals surface area (Å²) in [5.41, 5.74) is 5.38. The van der Waals surface area contributed by atoms with Crippen molar-refractivity contribution in [2.45, 2.75) is 19.8 Å². The summed E-state index contributed by atoms with van der Waals surface area (Å²) in [5, 5.41) is 4.68. The van der Waals surface area contributed by atoms with E-state index in [0.717, 1.165) is 25.9 Å². The van der Waals surface area contributed by atoms with Gasteiger partial charge in [-0.2, -0.15) is 0 Å². The van der Waals surface area contributed by atoms with Crippen LogP contribution in [-0.4, -0.2) is 18.1 Å². The molecule has 17 heavy (non-hydrogen) atoms. The van der Waals surface area contributed by atoms with Crippen LogP contribution in [0.4, 0.5) is 0 Å². The molecule has 0 amide bonds. The zero-order valence-corrected chi connectivity index (χ0v) is 10.2. The fraction of sp³-hybridized carbons (Fsp3) is 0.333. The van der Waals surface area contributed by atoms with E-state index < -0.39 is 0 Å². The minimum absolute atomic E-state index is 0.991. The second-order valence-corrected chi connectivity index (χ2v) is 4.64. The third-order valence-electron chi connectivity index (χ3n) is 3.50. The predicted octanol–water partition coefficient (Wildman–Crippen LogP) is 3.11. The van der Waals surface area contributed by atoms with Gasteiger partial charge in [0.15, 0.2) is 0 Å². The Bertz CT molecular complexity index is 563. The van der Waals surface area contributed by atoms with Crippen LogP contribution in [0.2, 0.25) is 0 Å². The van der Waals surface area contributed by atoms with E-state index in [1.165, 1.54) is 27.7 Å². The van der Waals surface area contributed by atoms with Crippen molar-refractivity contribution >= 4 is 16.5 Å². The average molecular weight is 226 g/mol. The molecule has 0 unspecified atom stereocenters. The molecule has 0 bridgehead atoms. The highest BCUT2D eigenvalue weighted by molar-refractivity contribution is 5.85. The number of aryl methyl sites for hydroxylation is 1. The Hall–Kier alpha value is -1.54. The number of fused-ring (bicyclic) bond motifs is 1. The largest absolute Gasteiger partial charge is 0.355 e. The van der Waals surface area contributed by atoms with Gasteiger partial charge in [-0.25, -0.2) is 0 Å². The number of aromatic nitrogens is 1. The van der Waals surface area contributed by atoms with Crippen LogP contribution in [0.1, 0.15) is 24.6 Å². The number of hydrogen-bond acceptors (Lipinski definition) is 1. The highest BCUT2D eigenvalue weighted by atomic mass is 14.9. The number of H-pyrrole nitrogens is 1. The van der Waals surface area contributed by atoms with Crippen LogP contribution in [-0.2, 0) is 6.42 Å². The molecule has 2 heterocycles. The molecule has 1 aliphatic heterocycles. The first-order valence-electron chi connectivity index (χ1n) is 6.38. The lowest BCUT2D eigenvalue weighted by Gasteiger charge is -2.12. The van der Waals surface area contributed by atoms with Gasteiger partial charge in [0.1, 0.15) is 0 Å². The molecule has 0 atom stereocenters. The molecule has 1 aliphatic rings. The van der Waals surface area contributed by atoms with Gasteiger partial charge >= 0.3 is 0 Å². The third-order valence-corrected chi connectivity index (χ3v) is 3.50. The minimum Gasteiger partial charge on any atom is -0.355 e. The lowest BCUT2D eigenvalue weighted by atomic mass is 10.1. The number of benzene rings is 1. The molecule has 1 aromatic heterocycles. The molecule has 3 rings (SSSR count). The van der Waals surface area contributed by atoms with Crippen molar-refractivity contribution in [2.75, 3.05) is 13.1 Å². The Morgan fingerprint density at radius 3 is 2.94 bits per heavy atom. The van der Waals surface area contributed by atoms with Crippen LogP contribution in [0.25, 0.3) is 16.5 Å². The molecular weight excluding hydrogens is 208 g/mol. The molecular formula is C15H18N2. The Balaban J connectivity index is 2.03. The van der Waals surface area contributed by atoms with Gasteiger partial charge in [0.25, 0.3) is 0 Å². The van der Waals surface area contributed by atoms with E-state index in [4.69, 9.17) is 0 Å². The van der Waals surface area contributed by atoms with Gasteiger partial charge in [-0.15, -0.1) is 0 Å². The van der Waals surface area contributed by atoms with Gasteiger partial charge in [0.2, 0.25) is 0 Å². The van der Waals surface area contributed by atoms with Gasteiger partial charge in [-0.3, -0.25) is 0 Å². The molecule has 0 saturated heterocycles. The van der Waals surface area contributed by atoms with Crippen LogP contribution in [0.3, 0.4) is 0 Å². The van der Waals surface area contributed by atoms with Gasteiger partial charge in [-0.05, 0) is 48.7 Å².